The molecule has 11 atom stereocenters. The Kier molecular flexibility index (Phi) is 6.24. The lowest BCUT2D eigenvalue weighted by molar-refractivity contribution is -0.290. The second-order valence-electron chi connectivity index (χ2n) is 12.1. The van der Waals surface area contributed by atoms with Crippen LogP contribution in [0.1, 0.15) is 53.4 Å². The van der Waals surface area contributed by atoms with Crippen LogP contribution in [0.3, 0.4) is 0 Å². The molecule has 2 heterocycles. The van der Waals surface area contributed by atoms with Gasteiger partial charge in [0.05, 0.1) is 25.7 Å². The van der Waals surface area contributed by atoms with Gasteiger partial charge < -0.3 is 34.3 Å². The smallest absolute Gasteiger partial charge is 0.348 e. The molecule has 4 fully saturated rings. The number of aliphatic hydroxyl groups is 3. The number of ether oxygens (including phenoxy) is 4. The Morgan fingerprint density at radius 1 is 1.21 bits per heavy atom. The zero-order valence-corrected chi connectivity index (χ0v) is 22.3. The minimum Gasteiger partial charge on any atom is -0.504 e. The number of Topliss-reactive ketones (excluding diaryl/α,β-unsaturated/α-hetero) is 1. The van der Waals surface area contributed by atoms with Crippen molar-refractivity contribution >= 4 is 23.7 Å². The van der Waals surface area contributed by atoms with Crippen molar-refractivity contribution < 1.29 is 53.4 Å². The molecule has 0 aromatic heterocycles. The van der Waals surface area contributed by atoms with Gasteiger partial charge in [-0.05, 0) is 36.2 Å². The minimum absolute atomic E-state index is 0.0212. The molecule has 3 aliphatic carbocycles. The lowest BCUT2D eigenvalue weighted by atomic mass is 9.38. The molecule has 5 aliphatic rings. The Hall–Kier alpha value is -2.50. The number of hydrogen-bond donors (Lipinski definition) is 3. The first kappa shape index (κ1) is 27.1. The van der Waals surface area contributed by atoms with Gasteiger partial charge in [-0.3, -0.25) is 9.59 Å². The van der Waals surface area contributed by atoms with Crippen molar-refractivity contribution in [3.63, 3.8) is 0 Å². The number of allylic oxidation sites excluding steroid dienone is 2. The minimum atomic E-state index is -2.20. The lowest BCUT2D eigenvalue weighted by Crippen LogP contribution is -2.79. The normalized spacial score (nSPS) is 46.0. The number of hydrogen-bond acceptors (Lipinski definition) is 11. The van der Waals surface area contributed by atoms with Crippen LogP contribution in [0.5, 0.6) is 0 Å². The van der Waals surface area contributed by atoms with Crippen LogP contribution >= 0.6 is 0 Å². The summed E-state index contributed by atoms with van der Waals surface area (Å²) in [7, 11) is 1.11. The molecular weight excluding hydrogens is 500 g/mol. The summed E-state index contributed by atoms with van der Waals surface area (Å²) in [5, 5.41) is 33.7. The van der Waals surface area contributed by atoms with Crippen LogP contribution in [0.4, 0.5) is 0 Å². The first-order valence-corrected chi connectivity index (χ1v) is 13.2. The first-order chi connectivity index (χ1) is 17.8. The third-order valence-electron chi connectivity index (χ3n) is 10.3. The maximum atomic E-state index is 13.5. The monoisotopic (exact) mass is 536 g/mol. The summed E-state index contributed by atoms with van der Waals surface area (Å²) < 4.78 is 22.7. The highest BCUT2D eigenvalue weighted by molar-refractivity contribution is 5.95. The van der Waals surface area contributed by atoms with Gasteiger partial charge in [0, 0.05) is 24.2 Å². The van der Waals surface area contributed by atoms with Crippen LogP contribution in [0, 0.1) is 34.5 Å². The molecule has 2 saturated carbocycles. The van der Waals surface area contributed by atoms with E-state index < -0.39 is 82.3 Å². The molecule has 1 spiro atoms. The topological polar surface area (TPSA) is 166 Å². The molecule has 210 valence electrons. The van der Waals surface area contributed by atoms with Gasteiger partial charge in [0.15, 0.2) is 11.5 Å². The second-order valence-corrected chi connectivity index (χ2v) is 12.1. The summed E-state index contributed by atoms with van der Waals surface area (Å²) in [6.07, 6.45) is -5.14. The number of fused-ring (bicyclic) bond motifs is 2. The first-order valence-electron chi connectivity index (χ1n) is 13.2. The van der Waals surface area contributed by atoms with Crippen molar-refractivity contribution in [3.8, 4) is 0 Å². The van der Waals surface area contributed by atoms with Gasteiger partial charge in [0.25, 0.3) is 0 Å². The number of aliphatic hydroxyl groups excluding tert-OH is 3. The largest absolute Gasteiger partial charge is 0.504 e. The molecule has 38 heavy (non-hydrogen) atoms. The van der Waals surface area contributed by atoms with Crippen LogP contribution in [-0.4, -0.2) is 82.7 Å². The highest BCUT2D eigenvalue weighted by atomic mass is 16.6. The molecule has 2 saturated heterocycles. The highest BCUT2D eigenvalue weighted by Gasteiger charge is 2.85. The molecule has 11 nitrogen and oxygen atoms in total. The van der Waals surface area contributed by atoms with E-state index >= 15 is 0 Å². The highest BCUT2D eigenvalue weighted by Crippen LogP contribution is 2.72. The van der Waals surface area contributed by atoms with E-state index in [0.717, 1.165) is 7.11 Å². The number of ketones is 1. The number of carbonyl (C=O) groups excluding carboxylic acids is 4. The fourth-order valence-electron chi connectivity index (χ4n) is 8.47. The Labute approximate surface area is 220 Å². The van der Waals surface area contributed by atoms with Crippen LogP contribution < -0.4 is 0 Å². The standard InChI is InChI=1S/C27H36O11/c1-6-11(2)7-16(29)38-19-21-26-10-36-27(21,24(34)35-5)22(32)18(31)20(26)25(4)9-14(28)17(30)12(3)13(25)8-15(26)37-23(19)33/h11,13,15,18-22,30-32H,6-10H2,1-5H3/t11-,13-,15+,18+,19+,20+,21+,22-,25-,26+,27+/m0/s1. The predicted molar refractivity (Wildman–Crippen MR) is 127 cm³/mol. The molecule has 2 aliphatic heterocycles. The number of esters is 3. The Morgan fingerprint density at radius 3 is 2.53 bits per heavy atom. The van der Waals surface area contributed by atoms with E-state index in [1.807, 2.05) is 13.8 Å². The molecule has 2 bridgehead atoms. The van der Waals surface area contributed by atoms with Gasteiger partial charge in [-0.2, -0.15) is 0 Å². The molecule has 0 unspecified atom stereocenters. The van der Waals surface area contributed by atoms with Gasteiger partial charge in [-0.15, -0.1) is 0 Å². The second kappa shape index (κ2) is 8.76. The van der Waals surface area contributed by atoms with Gasteiger partial charge in [-0.1, -0.05) is 27.2 Å². The summed E-state index contributed by atoms with van der Waals surface area (Å²) in [4.78, 5) is 52.6. The van der Waals surface area contributed by atoms with E-state index in [9.17, 15) is 34.5 Å². The van der Waals surface area contributed by atoms with Crippen molar-refractivity contribution in [1.29, 1.82) is 0 Å². The van der Waals surface area contributed by atoms with Gasteiger partial charge in [0.2, 0.25) is 11.7 Å². The number of rotatable bonds is 5. The summed E-state index contributed by atoms with van der Waals surface area (Å²) >= 11 is 0. The van der Waals surface area contributed by atoms with Crippen LogP contribution in [-0.2, 0) is 38.1 Å². The SMILES string of the molecule is CC[C@H](C)CC(=O)O[C@H]1C(=O)O[C@@H]2C[C@H]3C(C)=C(O)C(=O)C[C@]3(C)[C@H]3[C@@H](O)[C@H](O)[C@]4(C(=O)OC)OC[C@]32[C@@H]14. The molecule has 5 rings (SSSR count). The molecule has 3 N–H and O–H groups in total. The molecular formula is C27H36O11. The molecule has 0 aromatic carbocycles. The fourth-order valence-corrected chi connectivity index (χ4v) is 8.47. The summed E-state index contributed by atoms with van der Waals surface area (Å²) in [5.41, 5.74) is -4.05. The van der Waals surface area contributed by atoms with E-state index in [4.69, 9.17) is 18.9 Å². The summed E-state index contributed by atoms with van der Waals surface area (Å²) in [5.74, 6) is -6.01. The Bertz CT molecular complexity index is 1110. The maximum absolute atomic E-state index is 13.5. The number of methoxy groups -OCH3 is 1. The van der Waals surface area contributed by atoms with Gasteiger partial charge in [0.1, 0.15) is 12.2 Å². The predicted octanol–water partition coefficient (Wildman–Crippen LogP) is 0.987. The van der Waals surface area contributed by atoms with Crippen molar-refractivity contribution in [3.05, 3.63) is 11.3 Å². The van der Waals surface area contributed by atoms with E-state index in [0.29, 0.717) is 12.0 Å². The number of carbonyl (C=O) groups is 4. The molecule has 0 amide bonds. The van der Waals surface area contributed by atoms with Crippen LogP contribution in [0.15, 0.2) is 11.3 Å². The zero-order valence-electron chi connectivity index (χ0n) is 22.3. The molecule has 0 aromatic rings. The zero-order chi connectivity index (χ0) is 27.9. The van der Waals surface area contributed by atoms with Crippen molar-refractivity contribution in [2.75, 3.05) is 13.7 Å². The summed E-state index contributed by atoms with van der Waals surface area (Å²) in [6.45, 7) is 7.01. The average molecular weight is 537 g/mol. The third kappa shape index (κ3) is 3.18. The average Bonchev–Trinajstić information content (AvgIpc) is 3.17. The maximum Gasteiger partial charge on any atom is 0.348 e. The van der Waals surface area contributed by atoms with E-state index in [1.165, 1.54) is 0 Å². The Balaban J connectivity index is 1.69. The quantitative estimate of drug-likeness (QED) is 0.339. The van der Waals surface area contributed by atoms with Gasteiger partial charge >= 0.3 is 17.9 Å². The third-order valence-corrected chi connectivity index (χ3v) is 10.3. The van der Waals surface area contributed by atoms with Crippen molar-refractivity contribution in [1.82, 2.24) is 0 Å². The summed E-state index contributed by atoms with van der Waals surface area (Å²) in [6, 6.07) is 0. The van der Waals surface area contributed by atoms with Crippen molar-refractivity contribution in [2.24, 2.45) is 34.5 Å². The fraction of sp³-hybridized carbons (Fsp3) is 0.778. The van der Waals surface area contributed by atoms with Gasteiger partial charge in [-0.25, -0.2) is 9.59 Å². The van der Waals surface area contributed by atoms with E-state index in [-0.39, 0.29) is 37.5 Å². The Morgan fingerprint density at radius 2 is 1.89 bits per heavy atom. The van der Waals surface area contributed by atoms with Crippen LogP contribution in [0.2, 0.25) is 0 Å². The molecule has 0 radical (unpaired) electrons. The van der Waals surface area contributed by atoms with E-state index in [1.54, 1.807) is 13.8 Å². The van der Waals surface area contributed by atoms with Crippen molar-refractivity contribution in [2.45, 2.75) is 83.4 Å². The lowest BCUT2D eigenvalue weighted by Gasteiger charge is -2.67. The van der Waals surface area contributed by atoms with E-state index in [2.05, 4.69) is 0 Å². The van der Waals surface area contributed by atoms with Crippen LogP contribution in [0.25, 0.3) is 0 Å². The molecule has 11 heteroatoms.